The number of aryl methyl sites for hydroxylation is 2. The minimum atomic E-state index is -0.354. The molecule has 0 aliphatic carbocycles. The number of aliphatic imine (C=N–C) groups is 2. The van der Waals surface area contributed by atoms with Crippen LogP contribution in [-0.4, -0.2) is 24.0 Å². The Morgan fingerprint density at radius 2 is 1.84 bits per heavy atom. The molecule has 0 amide bonds. The van der Waals surface area contributed by atoms with Gasteiger partial charge in [-0.15, -0.1) is 0 Å². The van der Waals surface area contributed by atoms with Gasteiger partial charge in [-0.25, -0.2) is 15.0 Å². The molecule has 1 aliphatic heterocycles. The van der Waals surface area contributed by atoms with Crippen molar-refractivity contribution < 1.29 is 0 Å². The quantitative estimate of drug-likeness (QED) is 0.817. The van der Waals surface area contributed by atoms with Gasteiger partial charge in [0.2, 0.25) is 6.29 Å². The summed E-state index contributed by atoms with van der Waals surface area (Å²) in [7, 11) is 0. The van der Waals surface area contributed by atoms with Crippen LogP contribution < -0.4 is 10.7 Å². The number of rotatable bonds is 4. The molecule has 1 atom stereocenters. The fourth-order valence-electron chi connectivity index (χ4n) is 2.54. The lowest BCUT2D eigenvalue weighted by Gasteiger charge is -2.31. The van der Waals surface area contributed by atoms with Gasteiger partial charge >= 0.3 is 0 Å². The lowest BCUT2D eigenvalue weighted by Crippen LogP contribution is -2.44. The van der Waals surface area contributed by atoms with E-state index in [4.69, 9.17) is 5.26 Å². The van der Waals surface area contributed by atoms with E-state index in [1.54, 1.807) is 23.5 Å². The van der Waals surface area contributed by atoms with Crippen LogP contribution in [0.3, 0.4) is 0 Å². The average Bonchev–Trinajstić information content (AvgIpc) is 2.60. The Kier molecular flexibility index (Phi) is 5.00. The van der Waals surface area contributed by atoms with Crippen LogP contribution in [0.25, 0.3) is 0 Å². The van der Waals surface area contributed by atoms with Crippen molar-refractivity contribution in [3.63, 3.8) is 0 Å². The molecule has 3 rings (SSSR count). The van der Waals surface area contributed by atoms with Gasteiger partial charge in [0.25, 0.3) is 0 Å². The first-order valence-electron chi connectivity index (χ1n) is 7.70. The van der Waals surface area contributed by atoms with Crippen LogP contribution in [-0.2, 0) is 0 Å². The number of anilines is 2. The molecule has 126 valence electrons. The smallest absolute Gasteiger partial charge is 0.216 e. The van der Waals surface area contributed by atoms with Gasteiger partial charge in [0.05, 0.1) is 17.3 Å². The molecular weight excluding hydrogens is 380 g/mol. The van der Waals surface area contributed by atoms with Crippen LogP contribution in [0.4, 0.5) is 11.4 Å². The molecule has 1 aliphatic rings. The first-order chi connectivity index (χ1) is 12.1. The van der Waals surface area contributed by atoms with Crippen LogP contribution in [0.15, 0.2) is 50.9 Å². The molecular formula is C18H17BrN6. The summed E-state index contributed by atoms with van der Waals surface area (Å²) in [5.74, 6) is 0. The zero-order valence-electron chi connectivity index (χ0n) is 13.9. The number of benzene rings is 2. The Morgan fingerprint density at radius 3 is 2.48 bits per heavy atom. The normalized spacial score (nSPS) is 15.8. The van der Waals surface area contributed by atoms with E-state index in [-0.39, 0.29) is 6.29 Å². The van der Waals surface area contributed by atoms with Gasteiger partial charge in [-0.1, -0.05) is 15.9 Å². The highest BCUT2D eigenvalue weighted by atomic mass is 79.9. The van der Waals surface area contributed by atoms with Crippen molar-refractivity contribution in [2.75, 3.05) is 10.7 Å². The van der Waals surface area contributed by atoms with Crippen LogP contribution in [0.2, 0.25) is 0 Å². The molecule has 0 spiro atoms. The zero-order chi connectivity index (χ0) is 17.8. The van der Waals surface area contributed by atoms with Gasteiger partial charge in [0, 0.05) is 10.2 Å². The van der Waals surface area contributed by atoms with Crippen molar-refractivity contribution >= 4 is 40.0 Å². The van der Waals surface area contributed by atoms with Crippen LogP contribution >= 0.6 is 15.9 Å². The maximum atomic E-state index is 8.89. The van der Waals surface area contributed by atoms with E-state index >= 15 is 0 Å². The minimum absolute atomic E-state index is 0.354. The molecule has 0 radical (unpaired) electrons. The third-order valence-electron chi connectivity index (χ3n) is 3.78. The number of nitrogens with one attached hydrogen (secondary N) is 2. The minimum Gasteiger partial charge on any atom is -0.345 e. The summed E-state index contributed by atoms with van der Waals surface area (Å²) in [6.07, 6.45) is 2.85. The molecule has 0 aromatic heterocycles. The van der Waals surface area contributed by atoms with Gasteiger partial charge in [0.15, 0.2) is 0 Å². The summed E-state index contributed by atoms with van der Waals surface area (Å²) < 4.78 is 1.05. The predicted molar refractivity (Wildman–Crippen MR) is 105 cm³/mol. The van der Waals surface area contributed by atoms with Crippen molar-refractivity contribution in [3.05, 3.63) is 57.6 Å². The van der Waals surface area contributed by atoms with Gasteiger partial charge in [0.1, 0.15) is 12.7 Å². The number of hydrogen-bond donors (Lipinski definition) is 2. The molecule has 0 bridgehead atoms. The molecule has 0 saturated carbocycles. The summed E-state index contributed by atoms with van der Waals surface area (Å²) >= 11 is 3.51. The molecule has 6 nitrogen and oxygen atoms in total. The van der Waals surface area contributed by atoms with E-state index in [0.717, 1.165) is 27.0 Å². The Bertz CT molecular complexity index is 843. The van der Waals surface area contributed by atoms with Crippen LogP contribution in [0.5, 0.6) is 0 Å². The van der Waals surface area contributed by atoms with Gasteiger partial charge in [-0.2, -0.15) is 5.26 Å². The van der Waals surface area contributed by atoms with E-state index in [0.29, 0.717) is 5.56 Å². The Morgan fingerprint density at radius 1 is 1.16 bits per heavy atom. The number of nitrogens with zero attached hydrogens (tertiary/aromatic N) is 4. The number of hydrazine groups is 1. The standard InChI is InChI=1S/C18H17BrN6/c1-12-7-15(19)8-13(2)17(12)24-25-11-21-10-22-18(25)23-16-5-3-14(9-20)4-6-16/h3-8,10-11,18,23-24H,1-2H3. The molecule has 2 aromatic carbocycles. The van der Waals surface area contributed by atoms with Crippen molar-refractivity contribution in [3.8, 4) is 6.07 Å². The van der Waals surface area contributed by atoms with Crippen LogP contribution in [0, 0.1) is 25.2 Å². The number of halogens is 1. The van der Waals surface area contributed by atoms with Crippen molar-refractivity contribution in [1.82, 2.24) is 5.01 Å². The molecule has 25 heavy (non-hydrogen) atoms. The third kappa shape index (κ3) is 3.98. The number of nitriles is 1. The highest BCUT2D eigenvalue weighted by molar-refractivity contribution is 9.10. The Hall–Kier alpha value is -2.85. The van der Waals surface area contributed by atoms with E-state index in [1.807, 2.05) is 26.0 Å². The van der Waals surface area contributed by atoms with E-state index < -0.39 is 0 Å². The molecule has 7 heteroatoms. The number of hydrogen-bond acceptors (Lipinski definition) is 6. The lowest BCUT2D eigenvalue weighted by molar-refractivity contribution is 0.414. The highest BCUT2D eigenvalue weighted by Crippen LogP contribution is 2.26. The topological polar surface area (TPSA) is 75.8 Å². The lowest BCUT2D eigenvalue weighted by atomic mass is 10.1. The van der Waals surface area contributed by atoms with E-state index in [2.05, 4.69) is 54.9 Å². The van der Waals surface area contributed by atoms with E-state index in [1.165, 1.54) is 6.34 Å². The summed E-state index contributed by atoms with van der Waals surface area (Å²) in [4.78, 5) is 8.48. The zero-order valence-corrected chi connectivity index (χ0v) is 15.4. The summed E-state index contributed by atoms with van der Waals surface area (Å²) in [6, 6.07) is 13.5. The fourth-order valence-corrected chi connectivity index (χ4v) is 3.23. The van der Waals surface area contributed by atoms with Crippen molar-refractivity contribution in [1.29, 1.82) is 5.26 Å². The summed E-state index contributed by atoms with van der Waals surface area (Å²) in [5, 5.41) is 14.0. The highest BCUT2D eigenvalue weighted by Gasteiger charge is 2.18. The molecule has 0 fully saturated rings. The van der Waals surface area contributed by atoms with Crippen LogP contribution in [0.1, 0.15) is 16.7 Å². The van der Waals surface area contributed by atoms with Gasteiger partial charge < -0.3 is 5.32 Å². The van der Waals surface area contributed by atoms with Crippen molar-refractivity contribution in [2.45, 2.75) is 20.1 Å². The maximum Gasteiger partial charge on any atom is 0.216 e. The monoisotopic (exact) mass is 396 g/mol. The molecule has 0 saturated heterocycles. The predicted octanol–water partition coefficient (Wildman–Crippen LogP) is 4.03. The Balaban J connectivity index is 1.79. The maximum absolute atomic E-state index is 8.89. The Labute approximate surface area is 155 Å². The third-order valence-corrected chi connectivity index (χ3v) is 4.24. The molecule has 2 aromatic rings. The molecule has 1 heterocycles. The van der Waals surface area contributed by atoms with Gasteiger partial charge in [-0.3, -0.25) is 5.43 Å². The van der Waals surface area contributed by atoms with Gasteiger partial charge in [-0.05, 0) is 61.4 Å². The van der Waals surface area contributed by atoms with Crippen molar-refractivity contribution in [2.24, 2.45) is 9.98 Å². The second kappa shape index (κ2) is 7.36. The molecule has 1 unspecified atom stereocenters. The fraction of sp³-hybridized carbons (Fsp3) is 0.167. The first-order valence-corrected chi connectivity index (χ1v) is 8.49. The molecule has 2 N–H and O–H groups in total. The largest absolute Gasteiger partial charge is 0.345 e. The second-order valence-corrected chi connectivity index (χ2v) is 6.59. The summed E-state index contributed by atoms with van der Waals surface area (Å²) in [5.41, 5.74) is 8.11. The summed E-state index contributed by atoms with van der Waals surface area (Å²) in [6.45, 7) is 4.10. The average molecular weight is 397 g/mol. The second-order valence-electron chi connectivity index (χ2n) is 5.67. The first kappa shape index (κ1) is 17.0. The van der Waals surface area contributed by atoms with E-state index in [9.17, 15) is 0 Å². The SMILES string of the molecule is Cc1cc(Br)cc(C)c1NN1C=NC=NC1Nc1ccc(C#N)cc1.